The third-order valence-corrected chi connectivity index (χ3v) is 7.62. The van der Waals surface area contributed by atoms with Gasteiger partial charge in [0.15, 0.2) is 0 Å². The number of rotatable bonds is 6. The first-order valence-electron chi connectivity index (χ1n) is 9.92. The molecule has 0 bridgehead atoms. The SMILES string of the molecule is COc1ccccc1[C@H](c1c(NC(=O)c2cccs2)sc(C)c1C)N1CCCC1. The molecule has 6 heteroatoms. The van der Waals surface area contributed by atoms with Gasteiger partial charge in [0.05, 0.1) is 18.0 Å². The first-order chi connectivity index (χ1) is 14.1. The van der Waals surface area contributed by atoms with Gasteiger partial charge in [-0.15, -0.1) is 22.7 Å². The molecule has 1 amide bonds. The molecule has 1 fully saturated rings. The second-order valence-electron chi connectivity index (χ2n) is 7.35. The van der Waals surface area contributed by atoms with Gasteiger partial charge in [-0.25, -0.2) is 0 Å². The summed E-state index contributed by atoms with van der Waals surface area (Å²) in [6.07, 6.45) is 2.40. The molecule has 1 aliphatic rings. The summed E-state index contributed by atoms with van der Waals surface area (Å²) in [5.41, 5.74) is 3.60. The van der Waals surface area contributed by atoms with Gasteiger partial charge in [-0.1, -0.05) is 24.3 Å². The fourth-order valence-corrected chi connectivity index (χ4v) is 5.77. The maximum absolute atomic E-state index is 12.8. The first kappa shape index (κ1) is 20.1. The lowest BCUT2D eigenvalue weighted by Crippen LogP contribution is -2.28. The number of thiophene rings is 2. The quantitative estimate of drug-likeness (QED) is 0.536. The minimum Gasteiger partial charge on any atom is -0.496 e. The molecule has 1 atom stereocenters. The number of carbonyl (C=O) groups is 1. The number of ether oxygens (including phenoxy) is 1. The summed E-state index contributed by atoms with van der Waals surface area (Å²) in [5, 5.41) is 6.09. The van der Waals surface area contributed by atoms with Crippen LogP contribution in [0.15, 0.2) is 41.8 Å². The van der Waals surface area contributed by atoms with E-state index in [1.54, 1.807) is 18.4 Å². The highest BCUT2D eigenvalue weighted by Gasteiger charge is 2.32. The number of carbonyl (C=O) groups excluding carboxylic acids is 1. The zero-order valence-electron chi connectivity index (χ0n) is 17.0. The van der Waals surface area contributed by atoms with E-state index in [1.807, 2.05) is 29.6 Å². The molecule has 0 radical (unpaired) electrons. The number of nitrogens with one attached hydrogen (secondary N) is 1. The maximum atomic E-state index is 12.8. The van der Waals surface area contributed by atoms with E-state index in [0.29, 0.717) is 0 Å². The van der Waals surface area contributed by atoms with Gasteiger partial charge in [0.1, 0.15) is 10.8 Å². The third-order valence-electron chi connectivity index (χ3n) is 5.62. The Hall–Kier alpha value is -2.15. The molecular weight excluding hydrogens is 400 g/mol. The second-order valence-corrected chi connectivity index (χ2v) is 9.52. The van der Waals surface area contributed by atoms with Crippen molar-refractivity contribution in [3.05, 3.63) is 68.2 Å². The number of para-hydroxylation sites is 1. The Morgan fingerprint density at radius 3 is 2.59 bits per heavy atom. The van der Waals surface area contributed by atoms with Crippen LogP contribution in [0.5, 0.6) is 5.75 Å². The zero-order chi connectivity index (χ0) is 20.4. The number of benzene rings is 1. The van der Waals surface area contributed by atoms with E-state index in [1.165, 1.54) is 40.2 Å². The molecule has 29 heavy (non-hydrogen) atoms. The predicted octanol–water partition coefficient (Wildman–Crippen LogP) is 5.87. The van der Waals surface area contributed by atoms with E-state index in [9.17, 15) is 4.79 Å². The predicted molar refractivity (Wildman–Crippen MR) is 122 cm³/mol. The number of likely N-dealkylation sites (tertiary alicyclic amines) is 1. The van der Waals surface area contributed by atoms with Gasteiger partial charge in [0.25, 0.3) is 5.91 Å². The van der Waals surface area contributed by atoms with Gasteiger partial charge >= 0.3 is 0 Å². The van der Waals surface area contributed by atoms with Crippen molar-refractivity contribution < 1.29 is 9.53 Å². The molecule has 4 rings (SSSR count). The number of hydrogen-bond donors (Lipinski definition) is 1. The van der Waals surface area contributed by atoms with Crippen molar-refractivity contribution in [1.82, 2.24) is 4.90 Å². The summed E-state index contributed by atoms with van der Waals surface area (Å²) in [6.45, 7) is 6.40. The van der Waals surface area contributed by atoms with Crippen LogP contribution in [0, 0.1) is 13.8 Å². The van der Waals surface area contributed by atoms with Crippen LogP contribution in [0.25, 0.3) is 0 Å². The van der Waals surface area contributed by atoms with Gasteiger partial charge < -0.3 is 10.1 Å². The Labute approximate surface area is 180 Å². The number of aryl methyl sites for hydroxylation is 1. The summed E-state index contributed by atoms with van der Waals surface area (Å²) < 4.78 is 5.72. The molecule has 1 aliphatic heterocycles. The van der Waals surface area contributed by atoms with Crippen LogP contribution in [0.1, 0.15) is 50.1 Å². The van der Waals surface area contributed by atoms with Crippen molar-refractivity contribution in [1.29, 1.82) is 0 Å². The molecule has 0 spiro atoms. The van der Waals surface area contributed by atoms with Crippen molar-refractivity contribution in [3.63, 3.8) is 0 Å². The number of anilines is 1. The molecule has 3 aromatic rings. The Bertz CT molecular complexity index is 988. The largest absolute Gasteiger partial charge is 0.496 e. The van der Waals surface area contributed by atoms with E-state index >= 15 is 0 Å². The third kappa shape index (κ3) is 3.97. The second kappa shape index (κ2) is 8.69. The van der Waals surface area contributed by atoms with Crippen LogP contribution in [-0.2, 0) is 0 Å². The average Bonchev–Trinajstić information content (AvgIpc) is 3.48. The van der Waals surface area contributed by atoms with Gasteiger partial charge in [-0.05, 0) is 62.9 Å². The highest BCUT2D eigenvalue weighted by atomic mass is 32.1. The van der Waals surface area contributed by atoms with E-state index in [4.69, 9.17) is 4.74 Å². The number of hydrogen-bond acceptors (Lipinski definition) is 5. The van der Waals surface area contributed by atoms with Crippen LogP contribution in [0.2, 0.25) is 0 Å². The smallest absolute Gasteiger partial charge is 0.266 e. The fourth-order valence-electron chi connectivity index (χ4n) is 4.07. The Balaban J connectivity index is 1.81. The molecular formula is C23H26N2O2S2. The monoisotopic (exact) mass is 426 g/mol. The first-order valence-corrected chi connectivity index (χ1v) is 11.6. The molecule has 1 aromatic carbocycles. The average molecular weight is 427 g/mol. The van der Waals surface area contributed by atoms with E-state index in [-0.39, 0.29) is 11.9 Å². The minimum absolute atomic E-state index is 0.0392. The lowest BCUT2D eigenvalue weighted by molar-refractivity contribution is 0.103. The molecule has 1 N–H and O–H groups in total. The van der Waals surface area contributed by atoms with Crippen molar-refractivity contribution in [3.8, 4) is 5.75 Å². The molecule has 0 aliphatic carbocycles. The highest BCUT2D eigenvalue weighted by molar-refractivity contribution is 7.17. The maximum Gasteiger partial charge on any atom is 0.266 e. The molecule has 152 valence electrons. The van der Waals surface area contributed by atoms with E-state index in [0.717, 1.165) is 34.3 Å². The highest BCUT2D eigenvalue weighted by Crippen LogP contribution is 2.45. The Morgan fingerprint density at radius 1 is 1.14 bits per heavy atom. The summed E-state index contributed by atoms with van der Waals surface area (Å²) in [7, 11) is 1.73. The lowest BCUT2D eigenvalue weighted by atomic mass is 9.94. The van der Waals surface area contributed by atoms with Crippen molar-refractivity contribution in [2.24, 2.45) is 0 Å². The summed E-state index contributed by atoms with van der Waals surface area (Å²) in [6, 6.07) is 12.1. The lowest BCUT2D eigenvalue weighted by Gasteiger charge is -2.30. The van der Waals surface area contributed by atoms with Gasteiger partial charge in [-0.3, -0.25) is 9.69 Å². The van der Waals surface area contributed by atoms with Crippen LogP contribution < -0.4 is 10.1 Å². The molecule has 1 saturated heterocycles. The number of amides is 1. The molecule has 3 heterocycles. The summed E-state index contributed by atoms with van der Waals surface area (Å²) >= 11 is 3.13. The molecule has 4 nitrogen and oxygen atoms in total. The zero-order valence-corrected chi connectivity index (χ0v) is 18.7. The summed E-state index contributed by atoms with van der Waals surface area (Å²) in [5.74, 6) is 0.853. The molecule has 0 unspecified atom stereocenters. The van der Waals surface area contributed by atoms with Crippen molar-refractivity contribution in [2.75, 3.05) is 25.5 Å². The van der Waals surface area contributed by atoms with E-state index < -0.39 is 0 Å². The van der Waals surface area contributed by atoms with Crippen LogP contribution in [0.3, 0.4) is 0 Å². The molecule has 2 aromatic heterocycles. The fraction of sp³-hybridized carbons (Fsp3) is 0.348. The van der Waals surface area contributed by atoms with Crippen LogP contribution in [-0.4, -0.2) is 31.0 Å². The minimum atomic E-state index is -0.0392. The van der Waals surface area contributed by atoms with Gasteiger partial charge in [0, 0.05) is 16.0 Å². The Morgan fingerprint density at radius 2 is 1.90 bits per heavy atom. The van der Waals surface area contributed by atoms with Crippen molar-refractivity contribution in [2.45, 2.75) is 32.7 Å². The van der Waals surface area contributed by atoms with Crippen LogP contribution in [0.4, 0.5) is 5.00 Å². The summed E-state index contributed by atoms with van der Waals surface area (Å²) in [4.78, 5) is 17.3. The molecule has 0 saturated carbocycles. The van der Waals surface area contributed by atoms with Gasteiger partial charge in [0.2, 0.25) is 0 Å². The number of nitrogens with zero attached hydrogens (tertiary/aromatic N) is 1. The Kier molecular flexibility index (Phi) is 6.04. The standard InChI is InChI=1S/C23H26N2O2S2/c1-15-16(2)29-23(24-22(26)19-11-8-14-28-19)20(15)21(25-12-6-7-13-25)17-9-4-5-10-18(17)27-3/h4-5,8-11,14,21H,6-7,12-13H2,1-3H3,(H,24,26)/t21-/m1/s1. The van der Waals surface area contributed by atoms with Gasteiger partial charge in [-0.2, -0.15) is 0 Å². The van der Waals surface area contributed by atoms with E-state index in [2.05, 4.69) is 36.2 Å². The topological polar surface area (TPSA) is 41.6 Å². The number of methoxy groups -OCH3 is 1. The van der Waals surface area contributed by atoms with Crippen LogP contribution >= 0.6 is 22.7 Å². The normalized spacial score (nSPS) is 15.4. The van der Waals surface area contributed by atoms with Crippen molar-refractivity contribution >= 4 is 33.6 Å².